The highest BCUT2D eigenvalue weighted by molar-refractivity contribution is 7.13. The maximum atomic E-state index is 11.7. The number of hydrogen-bond donors (Lipinski definition) is 1. The summed E-state index contributed by atoms with van der Waals surface area (Å²) in [5.41, 5.74) is 0.942. The van der Waals surface area contributed by atoms with E-state index in [2.05, 4.69) is 15.3 Å². The Morgan fingerprint density at radius 3 is 2.89 bits per heavy atom. The van der Waals surface area contributed by atoms with Crippen molar-refractivity contribution in [3.63, 3.8) is 0 Å². The lowest BCUT2D eigenvalue weighted by molar-refractivity contribution is -0.116. The van der Waals surface area contributed by atoms with Gasteiger partial charge in [0.25, 0.3) is 0 Å². The molecule has 0 bridgehead atoms. The maximum absolute atomic E-state index is 11.7. The first-order chi connectivity index (χ1) is 8.56. The monoisotopic (exact) mass is 264 g/mol. The van der Waals surface area contributed by atoms with Crippen molar-refractivity contribution >= 4 is 22.4 Å². The lowest BCUT2D eigenvalue weighted by Gasteiger charge is -2.08. The summed E-state index contributed by atoms with van der Waals surface area (Å²) < 4.78 is 1.33. The summed E-state index contributed by atoms with van der Waals surface area (Å²) in [6.45, 7) is 3.46. The number of carbonyl (C=O) groups is 1. The molecule has 2 aromatic rings. The zero-order valence-electron chi connectivity index (χ0n) is 10.0. The van der Waals surface area contributed by atoms with Crippen molar-refractivity contribution in [1.29, 1.82) is 0 Å². The molecule has 0 spiro atoms. The predicted molar refractivity (Wildman–Crippen MR) is 68.7 cm³/mol. The van der Waals surface area contributed by atoms with Crippen LogP contribution in [0.2, 0.25) is 0 Å². The number of hydrogen-bond acceptors (Lipinski definition) is 5. The van der Waals surface area contributed by atoms with Crippen LogP contribution in [0.1, 0.15) is 11.4 Å². The Kier molecular flexibility index (Phi) is 3.52. The average Bonchev–Trinajstić information content (AvgIpc) is 2.76. The Labute approximate surface area is 107 Å². The van der Waals surface area contributed by atoms with Gasteiger partial charge in [-0.05, 0) is 19.9 Å². The van der Waals surface area contributed by atoms with Crippen molar-refractivity contribution in [3.8, 4) is 0 Å². The second-order valence-corrected chi connectivity index (χ2v) is 4.69. The first-order valence-electron chi connectivity index (χ1n) is 5.30. The van der Waals surface area contributed by atoms with E-state index in [0.717, 1.165) is 0 Å². The highest BCUT2D eigenvalue weighted by Gasteiger charge is 2.09. The van der Waals surface area contributed by atoms with Gasteiger partial charge < -0.3 is 5.32 Å². The van der Waals surface area contributed by atoms with Crippen LogP contribution in [0.3, 0.4) is 0 Å². The molecule has 0 aromatic carbocycles. The molecular weight excluding hydrogens is 252 g/mol. The second kappa shape index (κ2) is 5.09. The smallest absolute Gasteiger partial charge is 0.300 e. The third-order valence-corrected chi connectivity index (χ3v) is 3.02. The fourth-order valence-electron chi connectivity index (χ4n) is 1.55. The number of nitrogens with zero attached hydrogens (tertiary/aromatic N) is 3. The molecule has 0 fully saturated rings. The van der Waals surface area contributed by atoms with Crippen molar-refractivity contribution in [1.82, 2.24) is 14.5 Å². The van der Waals surface area contributed by atoms with Crippen molar-refractivity contribution in [2.24, 2.45) is 0 Å². The highest BCUT2D eigenvalue weighted by atomic mass is 32.1. The maximum Gasteiger partial charge on any atom is 0.348 e. The third-order valence-electron chi connectivity index (χ3n) is 2.33. The van der Waals surface area contributed by atoms with E-state index in [1.807, 2.05) is 0 Å². The van der Waals surface area contributed by atoms with Gasteiger partial charge in [-0.3, -0.25) is 9.36 Å². The number of carbonyl (C=O) groups excluding carboxylic acids is 1. The van der Waals surface area contributed by atoms with Crippen LogP contribution in [0.5, 0.6) is 0 Å². The highest BCUT2D eigenvalue weighted by Crippen LogP contribution is 2.10. The molecule has 2 heterocycles. The molecule has 0 radical (unpaired) electrons. The minimum Gasteiger partial charge on any atom is -0.300 e. The molecule has 1 N–H and O–H groups in total. The van der Waals surface area contributed by atoms with Crippen LogP contribution in [0.15, 0.2) is 22.4 Å². The van der Waals surface area contributed by atoms with Crippen LogP contribution >= 0.6 is 11.3 Å². The van der Waals surface area contributed by atoms with Crippen LogP contribution in [-0.2, 0) is 11.3 Å². The SMILES string of the molecule is Cc1cc(C)n(CC(=O)Nc2nccs2)c(=O)n1. The number of anilines is 1. The second-order valence-electron chi connectivity index (χ2n) is 3.79. The van der Waals surface area contributed by atoms with E-state index in [-0.39, 0.29) is 12.5 Å². The standard InChI is InChI=1S/C11H12N4O2S/c1-7-5-8(2)15(11(17)13-7)6-9(16)14-10-12-3-4-18-10/h3-5H,6H2,1-2H3,(H,12,14,16). The fraction of sp³-hybridized carbons (Fsp3) is 0.273. The minimum atomic E-state index is -0.415. The Morgan fingerprint density at radius 2 is 2.28 bits per heavy atom. The summed E-state index contributed by atoms with van der Waals surface area (Å²) in [4.78, 5) is 31.1. The summed E-state index contributed by atoms with van der Waals surface area (Å²) in [5.74, 6) is -0.291. The molecule has 0 saturated carbocycles. The van der Waals surface area contributed by atoms with Crippen molar-refractivity contribution in [3.05, 3.63) is 39.5 Å². The van der Waals surface area contributed by atoms with Gasteiger partial charge in [0.05, 0.1) is 0 Å². The van der Waals surface area contributed by atoms with E-state index >= 15 is 0 Å². The van der Waals surface area contributed by atoms with Gasteiger partial charge in [0, 0.05) is 23.0 Å². The number of rotatable bonds is 3. The van der Waals surface area contributed by atoms with Crippen LogP contribution in [0.4, 0.5) is 5.13 Å². The first-order valence-corrected chi connectivity index (χ1v) is 6.18. The molecule has 0 saturated heterocycles. The molecule has 2 aromatic heterocycles. The first kappa shape index (κ1) is 12.4. The molecule has 7 heteroatoms. The number of amides is 1. The van der Waals surface area contributed by atoms with E-state index < -0.39 is 5.69 Å². The molecule has 18 heavy (non-hydrogen) atoms. The number of thiazole rings is 1. The van der Waals surface area contributed by atoms with Gasteiger partial charge in [-0.2, -0.15) is 4.98 Å². The zero-order valence-corrected chi connectivity index (χ0v) is 10.8. The molecule has 0 aliphatic rings. The van der Waals surface area contributed by atoms with E-state index in [9.17, 15) is 9.59 Å². The quantitative estimate of drug-likeness (QED) is 0.895. The molecule has 0 atom stereocenters. The van der Waals surface area contributed by atoms with Gasteiger partial charge in [-0.25, -0.2) is 9.78 Å². The van der Waals surface area contributed by atoms with Crippen molar-refractivity contribution in [2.75, 3.05) is 5.32 Å². The van der Waals surface area contributed by atoms with Crippen LogP contribution < -0.4 is 11.0 Å². The Morgan fingerprint density at radius 1 is 1.50 bits per heavy atom. The Hall–Kier alpha value is -2.02. The van der Waals surface area contributed by atoms with Gasteiger partial charge in [-0.1, -0.05) is 0 Å². The number of nitrogens with one attached hydrogen (secondary N) is 1. The summed E-state index contributed by atoms with van der Waals surface area (Å²) in [5, 5.41) is 4.90. The van der Waals surface area contributed by atoms with Gasteiger partial charge in [0.1, 0.15) is 6.54 Å². The lowest BCUT2D eigenvalue weighted by Crippen LogP contribution is -2.31. The predicted octanol–water partition coefficient (Wildman–Crippen LogP) is 0.955. The topological polar surface area (TPSA) is 76.9 Å². The van der Waals surface area contributed by atoms with E-state index in [1.54, 1.807) is 31.5 Å². The largest absolute Gasteiger partial charge is 0.348 e. The summed E-state index contributed by atoms with van der Waals surface area (Å²) in [6.07, 6.45) is 1.60. The Balaban J connectivity index is 2.15. The Bertz CT molecular complexity index is 618. The molecule has 1 amide bonds. The summed E-state index contributed by atoms with van der Waals surface area (Å²) in [6, 6.07) is 1.76. The van der Waals surface area contributed by atoms with Crippen molar-refractivity contribution < 1.29 is 4.79 Å². The van der Waals surface area contributed by atoms with Crippen LogP contribution in [-0.4, -0.2) is 20.4 Å². The fourth-order valence-corrected chi connectivity index (χ4v) is 2.10. The minimum absolute atomic E-state index is 0.0580. The third kappa shape index (κ3) is 2.80. The van der Waals surface area contributed by atoms with Crippen molar-refractivity contribution in [2.45, 2.75) is 20.4 Å². The number of aryl methyl sites for hydroxylation is 2. The average molecular weight is 264 g/mol. The van der Waals surface area contributed by atoms with E-state index in [0.29, 0.717) is 16.5 Å². The molecule has 0 aliphatic carbocycles. The van der Waals surface area contributed by atoms with E-state index in [1.165, 1.54) is 15.9 Å². The summed E-state index contributed by atoms with van der Waals surface area (Å²) >= 11 is 1.33. The van der Waals surface area contributed by atoms with Gasteiger partial charge in [-0.15, -0.1) is 11.3 Å². The molecule has 94 valence electrons. The van der Waals surface area contributed by atoms with E-state index in [4.69, 9.17) is 0 Å². The molecule has 0 aliphatic heterocycles. The zero-order chi connectivity index (χ0) is 13.1. The van der Waals surface area contributed by atoms with Gasteiger partial charge in [0.15, 0.2) is 5.13 Å². The molecule has 6 nitrogen and oxygen atoms in total. The number of aromatic nitrogens is 3. The molecule has 2 rings (SSSR count). The lowest BCUT2D eigenvalue weighted by atomic mass is 10.3. The normalized spacial score (nSPS) is 10.3. The van der Waals surface area contributed by atoms with Gasteiger partial charge >= 0.3 is 5.69 Å². The van der Waals surface area contributed by atoms with Crippen LogP contribution in [0, 0.1) is 13.8 Å². The van der Waals surface area contributed by atoms with Gasteiger partial charge in [0.2, 0.25) is 5.91 Å². The summed E-state index contributed by atoms with van der Waals surface area (Å²) in [7, 11) is 0. The van der Waals surface area contributed by atoms with Crippen LogP contribution in [0.25, 0.3) is 0 Å². The molecule has 0 unspecified atom stereocenters. The molecular formula is C11H12N4O2S.